The van der Waals surface area contributed by atoms with E-state index >= 15 is 0 Å². The van der Waals surface area contributed by atoms with Crippen LogP contribution in [0, 0.1) is 0 Å². The first kappa shape index (κ1) is 18.6. The van der Waals surface area contributed by atoms with E-state index in [4.69, 9.17) is 0 Å². The SMILES string of the molecule is CCCn1c(=O)c2ccccc2n(C(C)C(=O)NCc2cccnc2)c1=O. The number of hydrogen-bond acceptors (Lipinski definition) is 4. The average molecular weight is 366 g/mol. The normalized spacial score (nSPS) is 12.1. The summed E-state index contributed by atoms with van der Waals surface area (Å²) in [6.45, 7) is 4.19. The average Bonchev–Trinajstić information content (AvgIpc) is 2.70. The lowest BCUT2D eigenvalue weighted by molar-refractivity contribution is -0.124. The van der Waals surface area contributed by atoms with Crippen LogP contribution < -0.4 is 16.6 Å². The molecular formula is C20H22N4O3. The molecule has 0 aliphatic heterocycles. The molecule has 2 heterocycles. The predicted molar refractivity (Wildman–Crippen MR) is 104 cm³/mol. The Labute approximate surface area is 156 Å². The molecule has 0 saturated carbocycles. The lowest BCUT2D eigenvalue weighted by atomic mass is 10.2. The van der Waals surface area contributed by atoms with Crippen molar-refractivity contribution in [3.05, 3.63) is 75.2 Å². The highest BCUT2D eigenvalue weighted by Gasteiger charge is 2.21. The fourth-order valence-corrected chi connectivity index (χ4v) is 3.08. The molecule has 1 unspecified atom stereocenters. The van der Waals surface area contributed by atoms with E-state index in [0.717, 1.165) is 5.56 Å². The number of amides is 1. The van der Waals surface area contributed by atoms with Crippen LogP contribution in [0.5, 0.6) is 0 Å². The van der Waals surface area contributed by atoms with Crippen molar-refractivity contribution in [3.8, 4) is 0 Å². The van der Waals surface area contributed by atoms with E-state index in [9.17, 15) is 14.4 Å². The van der Waals surface area contributed by atoms with Crippen molar-refractivity contribution in [2.45, 2.75) is 39.4 Å². The minimum atomic E-state index is -0.761. The number of rotatable bonds is 6. The summed E-state index contributed by atoms with van der Waals surface area (Å²) in [6.07, 6.45) is 3.99. The summed E-state index contributed by atoms with van der Waals surface area (Å²) in [5.41, 5.74) is 0.538. The third-order valence-corrected chi connectivity index (χ3v) is 4.48. The van der Waals surface area contributed by atoms with Gasteiger partial charge in [-0.3, -0.25) is 23.7 Å². The van der Waals surface area contributed by atoms with Gasteiger partial charge in [0.15, 0.2) is 0 Å². The highest BCUT2D eigenvalue weighted by molar-refractivity contribution is 5.84. The topological polar surface area (TPSA) is 86.0 Å². The molecular weight excluding hydrogens is 344 g/mol. The second-order valence-electron chi connectivity index (χ2n) is 6.38. The summed E-state index contributed by atoms with van der Waals surface area (Å²) in [5.74, 6) is -0.298. The van der Waals surface area contributed by atoms with Gasteiger partial charge in [-0.15, -0.1) is 0 Å². The van der Waals surface area contributed by atoms with Gasteiger partial charge < -0.3 is 5.32 Å². The van der Waals surface area contributed by atoms with Crippen molar-refractivity contribution in [2.75, 3.05) is 0 Å². The number of para-hydroxylation sites is 1. The molecule has 27 heavy (non-hydrogen) atoms. The molecule has 0 aliphatic rings. The summed E-state index contributed by atoms with van der Waals surface area (Å²) in [5, 5.41) is 3.26. The second kappa shape index (κ2) is 7.99. The van der Waals surface area contributed by atoms with Gasteiger partial charge in [-0.2, -0.15) is 0 Å². The number of benzene rings is 1. The van der Waals surface area contributed by atoms with Crippen molar-refractivity contribution in [1.82, 2.24) is 19.4 Å². The van der Waals surface area contributed by atoms with Crippen molar-refractivity contribution in [1.29, 1.82) is 0 Å². The molecule has 140 valence electrons. The standard InChI is InChI=1S/C20H22N4O3/c1-3-11-23-19(26)16-8-4-5-9-17(16)24(20(23)27)14(2)18(25)22-13-15-7-6-10-21-12-15/h4-10,12,14H,3,11,13H2,1-2H3,(H,22,25). The highest BCUT2D eigenvalue weighted by Crippen LogP contribution is 2.13. The largest absolute Gasteiger partial charge is 0.350 e. The molecule has 1 aromatic carbocycles. The van der Waals surface area contributed by atoms with Gasteiger partial charge in [0.05, 0.1) is 10.9 Å². The van der Waals surface area contributed by atoms with E-state index in [1.54, 1.807) is 49.6 Å². The number of nitrogens with one attached hydrogen (secondary N) is 1. The summed E-state index contributed by atoms with van der Waals surface area (Å²) < 4.78 is 2.60. The highest BCUT2D eigenvalue weighted by atomic mass is 16.2. The number of carbonyl (C=O) groups is 1. The lowest BCUT2D eigenvalue weighted by Crippen LogP contribution is -2.44. The van der Waals surface area contributed by atoms with Crippen molar-refractivity contribution < 1.29 is 4.79 Å². The van der Waals surface area contributed by atoms with E-state index in [1.807, 2.05) is 13.0 Å². The zero-order chi connectivity index (χ0) is 19.4. The minimum absolute atomic E-state index is 0.298. The Kier molecular flexibility index (Phi) is 5.49. The molecule has 0 bridgehead atoms. The Morgan fingerprint density at radius 1 is 1.19 bits per heavy atom. The molecule has 1 atom stereocenters. The van der Waals surface area contributed by atoms with Gasteiger partial charge in [0.2, 0.25) is 5.91 Å². The second-order valence-corrected chi connectivity index (χ2v) is 6.38. The summed E-state index contributed by atoms with van der Waals surface area (Å²) >= 11 is 0. The van der Waals surface area contributed by atoms with Crippen LogP contribution in [0.1, 0.15) is 31.9 Å². The summed E-state index contributed by atoms with van der Waals surface area (Å²) in [6, 6.07) is 9.77. The van der Waals surface area contributed by atoms with Crippen molar-refractivity contribution >= 4 is 16.8 Å². The van der Waals surface area contributed by atoms with Gasteiger partial charge in [0, 0.05) is 25.5 Å². The maximum absolute atomic E-state index is 12.9. The Morgan fingerprint density at radius 3 is 2.67 bits per heavy atom. The molecule has 0 aliphatic carbocycles. The predicted octanol–water partition coefficient (Wildman–Crippen LogP) is 1.85. The van der Waals surface area contributed by atoms with E-state index in [1.165, 1.54) is 9.13 Å². The fraction of sp³-hybridized carbons (Fsp3) is 0.300. The van der Waals surface area contributed by atoms with Crippen LogP contribution >= 0.6 is 0 Å². The number of aromatic nitrogens is 3. The van der Waals surface area contributed by atoms with Crippen LogP contribution in [-0.4, -0.2) is 20.0 Å². The number of carbonyl (C=O) groups excluding carboxylic acids is 1. The maximum Gasteiger partial charge on any atom is 0.332 e. The third kappa shape index (κ3) is 3.67. The number of fused-ring (bicyclic) bond motifs is 1. The summed E-state index contributed by atoms with van der Waals surface area (Å²) in [4.78, 5) is 42.3. The van der Waals surface area contributed by atoms with Crippen LogP contribution in [0.2, 0.25) is 0 Å². The zero-order valence-electron chi connectivity index (χ0n) is 15.4. The Balaban J connectivity index is 2.00. The maximum atomic E-state index is 12.9. The molecule has 0 spiro atoms. The van der Waals surface area contributed by atoms with E-state index in [0.29, 0.717) is 30.4 Å². The number of nitrogens with zero attached hydrogens (tertiary/aromatic N) is 3. The first-order valence-electron chi connectivity index (χ1n) is 8.95. The van der Waals surface area contributed by atoms with Crippen molar-refractivity contribution in [3.63, 3.8) is 0 Å². The van der Waals surface area contributed by atoms with Crippen LogP contribution in [0.3, 0.4) is 0 Å². The van der Waals surface area contributed by atoms with Crippen LogP contribution in [0.15, 0.2) is 58.4 Å². The minimum Gasteiger partial charge on any atom is -0.350 e. The molecule has 1 N–H and O–H groups in total. The molecule has 3 rings (SSSR count). The van der Waals surface area contributed by atoms with Crippen LogP contribution in [-0.2, 0) is 17.9 Å². The first-order chi connectivity index (χ1) is 13.0. The van der Waals surface area contributed by atoms with Crippen molar-refractivity contribution in [2.24, 2.45) is 0 Å². The smallest absolute Gasteiger partial charge is 0.332 e. The summed E-state index contributed by atoms with van der Waals surface area (Å²) in [7, 11) is 0. The monoisotopic (exact) mass is 366 g/mol. The van der Waals surface area contributed by atoms with Gasteiger partial charge in [0.25, 0.3) is 5.56 Å². The van der Waals surface area contributed by atoms with E-state index in [2.05, 4.69) is 10.3 Å². The van der Waals surface area contributed by atoms with Gasteiger partial charge >= 0.3 is 5.69 Å². The molecule has 7 heteroatoms. The quantitative estimate of drug-likeness (QED) is 0.721. The number of hydrogen-bond donors (Lipinski definition) is 1. The van der Waals surface area contributed by atoms with Gasteiger partial charge in [-0.05, 0) is 37.1 Å². The fourth-order valence-electron chi connectivity index (χ4n) is 3.08. The van der Waals surface area contributed by atoms with Gasteiger partial charge in [-0.1, -0.05) is 25.1 Å². The molecule has 1 amide bonds. The van der Waals surface area contributed by atoms with Gasteiger partial charge in [0.1, 0.15) is 6.04 Å². The lowest BCUT2D eigenvalue weighted by Gasteiger charge is -2.19. The Morgan fingerprint density at radius 2 is 1.96 bits per heavy atom. The molecule has 0 saturated heterocycles. The number of pyridine rings is 1. The van der Waals surface area contributed by atoms with E-state index in [-0.39, 0.29) is 11.5 Å². The van der Waals surface area contributed by atoms with Gasteiger partial charge in [-0.25, -0.2) is 4.79 Å². The molecule has 0 fully saturated rings. The molecule has 0 radical (unpaired) electrons. The molecule has 3 aromatic rings. The third-order valence-electron chi connectivity index (χ3n) is 4.48. The zero-order valence-corrected chi connectivity index (χ0v) is 15.4. The Hall–Kier alpha value is -3.22. The van der Waals surface area contributed by atoms with E-state index < -0.39 is 11.7 Å². The molecule has 2 aromatic heterocycles. The van der Waals surface area contributed by atoms with Crippen LogP contribution in [0.4, 0.5) is 0 Å². The van der Waals surface area contributed by atoms with Crippen LogP contribution in [0.25, 0.3) is 10.9 Å². The first-order valence-corrected chi connectivity index (χ1v) is 8.95. The Bertz CT molecular complexity index is 1070. The molecule has 7 nitrogen and oxygen atoms in total.